The van der Waals surface area contributed by atoms with Crippen molar-refractivity contribution in [3.63, 3.8) is 0 Å². The number of nitrogens with two attached hydrogens (primary N) is 1. The largest absolute Gasteiger partial charge is 0.409 e. The Balaban J connectivity index is 2.47. The molecule has 1 aliphatic rings. The van der Waals surface area contributed by atoms with E-state index >= 15 is 0 Å². The first kappa shape index (κ1) is 12.1. The van der Waals surface area contributed by atoms with E-state index in [1.807, 2.05) is 11.9 Å². The van der Waals surface area contributed by atoms with Crippen LogP contribution in [0.3, 0.4) is 0 Å². The third-order valence-electron chi connectivity index (χ3n) is 2.88. The number of amidine groups is 1. The fourth-order valence-corrected chi connectivity index (χ4v) is 1.70. The van der Waals surface area contributed by atoms with Crippen LogP contribution in [0.5, 0.6) is 0 Å². The van der Waals surface area contributed by atoms with Gasteiger partial charge in [-0.3, -0.25) is 10.1 Å². The van der Waals surface area contributed by atoms with Crippen molar-refractivity contribution in [1.29, 1.82) is 0 Å². The Kier molecular flexibility index (Phi) is 3.00. The average molecular weight is 251 g/mol. The van der Waals surface area contributed by atoms with Crippen molar-refractivity contribution in [3.05, 3.63) is 27.9 Å². The van der Waals surface area contributed by atoms with E-state index in [1.54, 1.807) is 0 Å². The Hall–Kier alpha value is -2.38. The van der Waals surface area contributed by atoms with Crippen LogP contribution in [-0.4, -0.2) is 34.0 Å². The van der Waals surface area contributed by atoms with Gasteiger partial charge in [-0.2, -0.15) is 0 Å². The molecule has 0 bridgehead atoms. The first-order valence-corrected chi connectivity index (χ1v) is 5.39. The van der Waals surface area contributed by atoms with Crippen molar-refractivity contribution in [3.8, 4) is 0 Å². The fraction of sp³-hybridized carbons (Fsp3) is 0.400. The molecule has 8 heteroatoms. The highest BCUT2D eigenvalue weighted by Crippen LogP contribution is 2.31. The first-order valence-electron chi connectivity index (χ1n) is 5.39. The topological polar surface area (TPSA) is 118 Å². The zero-order valence-electron chi connectivity index (χ0n) is 9.78. The van der Waals surface area contributed by atoms with Gasteiger partial charge in [0.15, 0.2) is 5.84 Å². The number of oxime groups is 1. The van der Waals surface area contributed by atoms with Gasteiger partial charge < -0.3 is 15.8 Å². The van der Waals surface area contributed by atoms with Crippen LogP contribution in [0.2, 0.25) is 0 Å². The summed E-state index contributed by atoms with van der Waals surface area (Å²) >= 11 is 0. The molecule has 0 aromatic carbocycles. The summed E-state index contributed by atoms with van der Waals surface area (Å²) in [7, 11) is 1.83. The molecule has 0 spiro atoms. The zero-order chi connectivity index (χ0) is 13.3. The van der Waals surface area contributed by atoms with Crippen molar-refractivity contribution in [2.24, 2.45) is 10.9 Å². The van der Waals surface area contributed by atoms with Gasteiger partial charge in [-0.1, -0.05) is 5.16 Å². The van der Waals surface area contributed by atoms with Gasteiger partial charge in [0.1, 0.15) is 12.0 Å². The maximum absolute atomic E-state index is 10.7. The van der Waals surface area contributed by atoms with Crippen molar-refractivity contribution in [1.82, 2.24) is 4.98 Å². The molecular weight excluding hydrogens is 238 g/mol. The van der Waals surface area contributed by atoms with E-state index in [9.17, 15) is 10.1 Å². The van der Waals surface area contributed by atoms with Crippen LogP contribution in [0.4, 0.5) is 11.5 Å². The highest BCUT2D eigenvalue weighted by molar-refractivity contribution is 6.02. The van der Waals surface area contributed by atoms with E-state index < -0.39 is 4.92 Å². The molecule has 8 nitrogen and oxygen atoms in total. The molecular formula is C10H13N5O3. The smallest absolute Gasteiger partial charge is 0.288 e. The normalized spacial score (nSPS) is 15.5. The van der Waals surface area contributed by atoms with Gasteiger partial charge in [-0.05, 0) is 12.8 Å². The molecule has 18 heavy (non-hydrogen) atoms. The highest BCUT2D eigenvalue weighted by atomic mass is 16.6. The van der Waals surface area contributed by atoms with Crippen LogP contribution in [0.1, 0.15) is 18.4 Å². The van der Waals surface area contributed by atoms with Gasteiger partial charge in [0.25, 0.3) is 5.69 Å². The van der Waals surface area contributed by atoms with Crippen LogP contribution >= 0.6 is 0 Å². The highest BCUT2D eigenvalue weighted by Gasteiger charge is 2.30. The van der Waals surface area contributed by atoms with Crippen molar-refractivity contribution >= 4 is 17.3 Å². The summed E-state index contributed by atoms with van der Waals surface area (Å²) in [4.78, 5) is 16.1. The number of pyridine rings is 1. The second kappa shape index (κ2) is 4.47. The molecule has 0 unspecified atom stereocenters. The number of rotatable bonds is 4. The molecule has 0 radical (unpaired) electrons. The number of anilines is 1. The van der Waals surface area contributed by atoms with Crippen LogP contribution in [0.15, 0.2) is 17.4 Å². The molecule has 2 rings (SSSR count). The quantitative estimate of drug-likeness (QED) is 0.267. The molecule has 1 aliphatic carbocycles. The fourth-order valence-electron chi connectivity index (χ4n) is 1.70. The lowest BCUT2D eigenvalue weighted by Gasteiger charge is -2.19. The van der Waals surface area contributed by atoms with E-state index in [-0.39, 0.29) is 17.1 Å². The van der Waals surface area contributed by atoms with Gasteiger partial charge in [-0.25, -0.2) is 4.98 Å². The van der Waals surface area contributed by atoms with Crippen LogP contribution in [0.25, 0.3) is 0 Å². The Morgan fingerprint density at radius 3 is 2.89 bits per heavy atom. The Bertz CT molecular complexity index is 512. The van der Waals surface area contributed by atoms with Gasteiger partial charge in [-0.15, -0.1) is 0 Å². The number of nitrogens with zero attached hydrogens (tertiary/aromatic N) is 4. The minimum absolute atomic E-state index is 0.186. The van der Waals surface area contributed by atoms with Crippen LogP contribution in [0, 0.1) is 10.1 Å². The summed E-state index contributed by atoms with van der Waals surface area (Å²) in [6.07, 6.45) is 3.26. The van der Waals surface area contributed by atoms with E-state index in [0.717, 1.165) is 12.8 Å². The number of nitro groups is 1. The maximum atomic E-state index is 10.7. The minimum atomic E-state index is -0.567. The molecule has 96 valence electrons. The lowest BCUT2D eigenvalue weighted by Crippen LogP contribution is -2.26. The minimum Gasteiger partial charge on any atom is -0.409 e. The Morgan fingerprint density at radius 1 is 1.72 bits per heavy atom. The van der Waals surface area contributed by atoms with E-state index in [1.165, 1.54) is 12.3 Å². The van der Waals surface area contributed by atoms with E-state index in [4.69, 9.17) is 10.9 Å². The molecule has 0 saturated heterocycles. The SMILES string of the molecule is CN(c1ncc([N+](=O)[O-])cc1/C(N)=N/O)C1CC1. The van der Waals surface area contributed by atoms with Crippen LogP contribution in [-0.2, 0) is 0 Å². The van der Waals surface area contributed by atoms with Gasteiger partial charge >= 0.3 is 0 Å². The van der Waals surface area contributed by atoms with Gasteiger partial charge in [0.2, 0.25) is 0 Å². The predicted molar refractivity (Wildman–Crippen MR) is 64.8 cm³/mol. The molecule has 0 aliphatic heterocycles. The summed E-state index contributed by atoms with van der Waals surface area (Å²) < 4.78 is 0. The Morgan fingerprint density at radius 2 is 2.39 bits per heavy atom. The molecule has 1 fully saturated rings. The zero-order valence-corrected chi connectivity index (χ0v) is 9.78. The summed E-state index contributed by atoms with van der Waals surface area (Å²) in [5, 5.41) is 22.3. The average Bonchev–Trinajstić information content (AvgIpc) is 3.20. The number of aromatic nitrogens is 1. The summed E-state index contributed by atoms with van der Waals surface area (Å²) in [6.45, 7) is 0. The second-order valence-corrected chi connectivity index (χ2v) is 4.15. The van der Waals surface area contributed by atoms with Gasteiger partial charge in [0, 0.05) is 19.2 Å². The standard InChI is InChI=1S/C10H13N5O3/c1-14(6-2-3-6)10-8(9(11)13-16)4-7(5-12-10)15(17)18/h4-6,16H,2-3H2,1H3,(H2,11,13). The molecule has 0 atom stereocenters. The first-order chi connectivity index (χ1) is 8.54. The molecule has 1 saturated carbocycles. The van der Waals surface area contributed by atoms with Crippen molar-refractivity contribution < 1.29 is 10.1 Å². The molecule has 1 aromatic rings. The lowest BCUT2D eigenvalue weighted by molar-refractivity contribution is -0.385. The number of hydrogen-bond acceptors (Lipinski definition) is 6. The van der Waals surface area contributed by atoms with Crippen molar-refractivity contribution in [2.75, 3.05) is 11.9 Å². The lowest BCUT2D eigenvalue weighted by atomic mass is 10.2. The molecule has 0 amide bonds. The van der Waals surface area contributed by atoms with Crippen LogP contribution < -0.4 is 10.6 Å². The Labute approximate surface area is 103 Å². The third-order valence-corrected chi connectivity index (χ3v) is 2.88. The number of hydrogen-bond donors (Lipinski definition) is 2. The summed E-state index contributed by atoms with van der Waals surface area (Å²) in [5.74, 6) is 0.298. The van der Waals surface area contributed by atoms with E-state index in [0.29, 0.717) is 11.9 Å². The second-order valence-electron chi connectivity index (χ2n) is 4.15. The van der Waals surface area contributed by atoms with Crippen molar-refractivity contribution in [2.45, 2.75) is 18.9 Å². The van der Waals surface area contributed by atoms with Gasteiger partial charge in [0.05, 0.1) is 10.5 Å². The third kappa shape index (κ3) is 2.17. The maximum Gasteiger partial charge on any atom is 0.288 e. The summed E-state index contributed by atoms with van der Waals surface area (Å²) in [6, 6.07) is 1.63. The van der Waals surface area contributed by atoms with E-state index in [2.05, 4.69) is 10.1 Å². The molecule has 3 N–H and O–H groups in total. The predicted octanol–water partition coefficient (Wildman–Crippen LogP) is 0.683. The monoisotopic (exact) mass is 251 g/mol. The molecule has 1 aromatic heterocycles. The molecule has 1 heterocycles. The summed E-state index contributed by atoms with van der Waals surface area (Å²) in [5.41, 5.74) is 5.61.